The molecule has 0 unspecified atom stereocenters. The van der Waals surface area contributed by atoms with Crippen LogP contribution in [0.2, 0.25) is 0 Å². The maximum atomic E-state index is 14.6. The Morgan fingerprint density at radius 2 is 1.70 bits per heavy atom. The number of halogens is 1. The highest BCUT2D eigenvalue weighted by Crippen LogP contribution is 2.75. The molecule has 0 amide bonds. The Balaban J connectivity index is 1.38. The van der Waals surface area contributed by atoms with Crippen molar-refractivity contribution in [1.29, 1.82) is 0 Å². The van der Waals surface area contributed by atoms with E-state index in [2.05, 4.69) is 21.1 Å². The van der Waals surface area contributed by atoms with E-state index in [9.17, 15) is 19.2 Å². The maximum absolute atomic E-state index is 14.6. The van der Waals surface area contributed by atoms with Gasteiger partial charge in [0.15, 0.2) is 11.5 Å². The lowest BCUT2D eigenvalue weighted by Gasteiger charge is -2.46. The van der Waals surface area contributed by atoms with E-state index in [0.717, 1.165) is 5.57 Å². The van der Waals surface area contributed by atoms with E-state index in [-0.39, 0.29) is 51.5 Å². The van der Waals surface area contributed by atoms with E-state index >= 15 is 0 Å². The summed E-state index contributed by atoms with van der Waals surface area (Å²) in [5, 5.41) is 5.02. The Kier molecular flexibility index (Phi) is 5.52. The van der Waals surface area contributed by atoms with E-state index < -0.39 is 34.7 Å². The molecule has 0 saturated carbocycles. The zero-order valence-electron chi connectivity index (χ0n) is 25.5. The van der Waals surface area contributed by atoms with Crippen molar-refractivity contribution in [2.24, 2.45) is 5.92 Å². The molecule has 47 heavy (non-hydrogen) atoms. The number of ketones is 2. The van der Waals surface area contributed by atoms with Gasteiger partial charge in [-0.2, -0.15) is 0 Å². The normalized spacial score (nSPS) is 25.0. The highest BCUT2D eigenvalue weighted by molar-refractivity contribution is 9.09. The lowest BCUT2D eigenvalue weighted by Crippen LogP contribution is -2.53. The van der Waals surface area contributed by atoms with Crippen LogP contribution in [-0.2, 0) is 25.5 Å². The predicted molar refractivity (Wildman–Crippen MR) is 168 cm³/mol. The van der Waals surface area contributed by atoms with Gasteiger partial charge in [0.25, 0.3) is 5.79 Å². The topological polar surface area (TPSA) is 131 Å². The van der Waals surface area contributed by atoms with Crippen LogP contribution in [0.25, 0.3) is 17.3 Å². The molecule has 10 nitrogen and oxygen atoms in total. The average Bonchev–Trinajstić information content (AvgIpc) is 3.64. The van der Waals surface area contributed by atoms with Crippen molar-refractivity contribution in [3.8, 4) is 28.5 Å². The summed E-state index contributed by atoms with van der Waals surface area (Å²) in [6.45, 7) is 6.30. The van der Waals surface area contributed by atoms with Gasteiger partial charge in [-0.25, -0.2) is 0 Å². The van der Waals surface area contributed by atoms with Gasteiger partial charge in [-0.05, 0) is 55.3 Å². The smallest absolute Gasteiger partial charge is 0.308 e. The minimum atomic E-state index is -1.56. The number of aryl methyl sites for hydroxylation is 1. The number of aromatic nitrogens is 1. The Hall–Kier alpha value is -4.87. The van der Waals surface area contributed by atoms with Gasteiger partial charge >= 0.3 is 11.9 Å². The van der Waals surface area contributed by atoms with Gasteiger partial charge in [0.05, 0.1) is 22.8 Å². The summed E-state index contributed by atoms with van der Waals surface area (Å²) in [5.74, 6) is -2.96. The number of rotatable bonds is 3. The van der Waals surface area contributed by atoms with Crippen LogP contribution in [0.4, 0.5) is 0 Å². The maximum Gasteiger partial charge on any atom is 0.308 e. The number of hydrogen-bond donors (Lipinski definition) is 0. The molecule has 1 aromatic heterocycles. The number of nitrogens with zero attached hydrogens (tertiary/aromatic N) is 1. The first-order chi connectivity index (χ1) is 22.5. The van der Waals surface area contributed by atoms with Crippen molar-refractivity contribution >= 4 is 45.5 Å². The molecular weight excluding hydrogens is 670 g/mol. The third kappa shape index (κ3) is 3.21. The van der Waals surface area contributed by atoms with Gasteiger partial charge in [-0.3, -0.25) is 19.2 Å². The molecule has 2 aliphatic heterocycles. The van der Waals surface area contributed by atoms with Gasteiger partial charge in [0.1, 0.15) is 28.4 Å². The largest absolute Gasteiger partial charge is 0.455 e. The summed E-state index contributed by atoms with van der Waals surface area (Å²) in [7, 11) is 0. The van der Waals surface area contributed by atoms with Crippen molar-refractivity contribution in [3.63, 3.8) is 0 Å². The van der Waals surface area contributed by atoms with Gasteiger partial charge in [0.2, 0.25) is 5.78 Å². The number of hydrogen-bond acceptors (Lipinski definition) is 10. The number of benzene rings is 3. The minimum Gasteiger partial charge on any atom is -0.455 e. The van der Waals surface area contributed by atoms with Crippen molar-refractivity contribution in [2.45, 2.75) is 45.0 Å². The van der Waals surface area contributed by atoms with E-state index in [4.69, 9.17) is 23.5 Å². The second kappa shape index (κ2) is 9.14. The second-order valence-electron chi connectivity index (χ2n) is 12.5. The SMILES string of the molecule is CC(=O)Oc1cc(C)cc2c1C(=O)c1c(ccc3c1O[C@]14O[C@H](C)[C@H]5C(CBr)=Cc6onc(c6[C@]351)-c1c(OC(C)=O)cccc14)C2=O. The molecule has 0 radical (unpaired) electrons. The quantitative estimate of drug-likeness (QED) is 0.127. The fourth-order valence-corrected chi connectivity index (χ4v) is 9.16. The first-order valence-electron chi connectivity index (χ1n) is 15.1. The number of ether oxygens (including phenoxy) is 4. The van der Waals surface area contributed by atoms with Gasteiger partial charge < -0.3 is 23.5 Å². The van der Waals surface area contributed by atoms with Crippen LogP contribution in [0.3, 0.4) is 0 Å². The molecule has 9 rings (SSSR count). The lowest BCUT2D eigenvalue weighted by atomic mass is 9.54. The van der Waals surface area contributed by atoms with E-state index in [1.54, 1.807) is 37.3 Å². The number of alkyl halides is 1. The molecule has 0 bridgehead atoms. The Bertz CT molecular complexity index is 2250. The molecule has 11 heteroatoms. The van der Waals surface area contributed by atoms with E-state index in [1.807, 2.05) is 25.1 Å². The molecular formula is C36H24BrNO9. The van der Waals surface area contributed by atoms with Crippen LogP contribution in [0.5, 0.6) is 17.2 Å². The molecule has 3 aliphatic carbocycles. The average molecular weight is 694 g/mol. The first-order valence-corrected chi connectivity index (χ1v) is 16.2. The van der Waals surface area contributed by atoms with Crippen molar-refractivity contribution in [1.82, 2.24) is 5.16 Å². The van der Waals surface area contributed by atoms with E-state index in [1.165, 1.54) is 13.8 Å². The fraction of sp³-hybridized carbons (Fsp3) is 0.250. The van der Waals surface area contributed by atoms with Gasteiger partial charge in [-0.1, -0.05) is 39.3 Å². The van der Waals surface area contributed by atoms with Crippen LogP contribution in [0.15, 0.2) is 52.6 Å². The third-order valence-corrected chi connectivity index (χ3v) is 10.6. The summed E-state index contributed by atoms with van der Waals surface area (Å²) in [6, 6.07) is 12.0. The molecule has 1 saturated heterocycles. The monoisotopic (exact) mass is 693 g/mol. The summed E-state index contributed by atoms with van der Waals surface area (Å²) in [6.07, 6.45) is 1.56. The second-order valence-corrected chi connectivity index (χ2v) is 13.1. The molecule has 4 aromatic rings. The van der Waals surface area contributed by atoms with Crippen molar-refractivity contribution < 1.29 is 42.6 Å². The van der Waals surface area contributed by atoms with Crippen LogP contribution >= 0.6 is 15.9 Å². The Labute approximate surface area is 275 Å². The molecule has 0 N–H and O–H groups in total. The number of carbonyl (C=O) groups excluding carboxylic acids is 4. The number of carbonyl (C=O) groups is 4. The standard InChI is InChI=1S/C36H24BrNO9/c1-14-10-20-26(24(11-14)44-17(4)40)33(42)27-19(32(20)41)8-9-22-34(27)46-36-21-6-5-7-23(43-16(3)39)28(21)31-30-25(47-38-31)12-18(13-37)29(15(2)45-36)35(22,30)36/h5-12,15,29H,13H2,1-4H3/t15-,29+,35+,36+/m1/s1. The zero-order chi connectivity index (χ0) is 32.7. The summed E-state index contributed by atoms with van der Waals surface area (Å²) < 4.78 is 31.2. The van der Waals surface area contributed by atoms with Crippen LogP contribution in [0, 0.1) is 12.8 Å². The van der Waals surface area contributed by atoms with E-state index in [0.29, 0.717) is 44.6 Å². The zero-order valence-corrected chi connectivity index (χ0v) is 27.1. The third-order valence-electron chi connectivity index (χ3n) is 9.93. The molecule has 3 heterocycles. The summed E-state index contributed by atoms with van der Waals surface area (Å²) in [5.41, 5.74) is 3.74. The minimum absolute atomic E-state index is 0.00166. The summed E-state index contributed by atoms with van der Waals surface area (Å²) in [4.78, 5) is 53.1. The van der Waals surface area contributed by atoms with Crippen LogP contribution < -0.4 is 14.2 Å². The molecule has 3 aromatic carbocycles. The lowest BCUT2D eigenvalue weighted by molar-refractivity contribution is -0.187. The molecule has 1 fully saturated rings. The number of fused-ring (bicyclic) bond motifs is 6. The van der Waals surface area contributed by atoms with Gasteiger partial charge in [-0.15, -0.1) is 0 Å². The number of esters is 2. The fourth-order valence-electron chi connectivity index (χ4n) is 8.65. The highest BCUT2D eigenvalue weighted by atomic mass is 79.9. The van der Waals surface area contributed by atoms with Crippen molar-refractivity contribution in [3.05, 3.63) is 98.3 Å². The van der Waals surface area contributed by atoms with Crippen LogP contribution in [-0.4, -0.2) is 40.1 Å². The predicted octanol–water partition coefficient (Wildman–Crippen LogP) is 5.95. The highest BCUT2D eigenvalue weighted by Gasteiger charge is 2.78. The molecule has 5 aliphatic rings. The summed E-state index contributed by atoms with van der Waals surface area (Å²) >= 11 is 3.68. The van der Waals surface area contributed by atoms with Crippen LogP contribution in [0.1, 0.15) is 80.6 Å². The molecule has 4 atom stereocenters. The Morgan fingerprint density at radius 1 is 0.936 bits per heavy atom. The Morgan fingerprint density at radius 3 is 2.45 bits per heavy atom. The first kappa shape index (κ1) is 28.4. The molecule has 234 valence electrons. The van der Waals surface area contributed by atoms with Crippen molar-refractivity contribution in [2.75, 3.05) is 5.33 Å². The molecule has 1 spiro atoms. The van der Waals surface area contributed by atoms with Gasteiger partial charge in [0, 0.05) is 52.9 Å².